The fourth-order valence-electron chi connectivity index (χ4n) is 2.86. The minimum atomic E-state index is -1.21. The number of piperazine rings is 1. The van der Waals surface area contributed by atoms with E-state index in [1.807, 2.05) is 0 Å². The van der Waals surface area contributed by atoms with Crippen LogP contribution in [0.2, 0.25) is 0 Å². The number of hydrogen-bond acceptors (Lipinski definition) is 6. The fourth-order valence-corrected chi connectivity index (χ4v) is 2.86. The molecule has 0 radical (unpaired) electrons. The Morgan fingerprint density at radius 1 is 0.771 bits per heavy atom. The van der Waals surface area contributed by atoms with Gasteiger partial charge in [0.2, 0.25) is 23.6 Å². The van der Waals surface area contributed by atoms with Gasteiger partial charge in [0.25, 0.3) is 1.45 Å². The van der Waals surface area contributed by atoms with Crippen molar-refractivity contribution in [2.45, 2.75) is 50.6 Å². The molecule has 0 aromatic rings. The first-order chi connectivity index (χ1) is 16.2. The number of carboxylic acid groups (broad SMARTS) is 2. The van der Waals surface area contributed by atoms with Crippen LogP contribution in [-0.2, 0) is 28.8 Å². The van der Waals surface area contributed by atoms with Crippen molar-refractivity contribution in [2.75, 3.05) is 13.1 Å². The molecule has 4 amide bonds. The topological polar surface area (TPSA) is 191 Å². The quantitative estimate of drug-likeness (QED) is 0.0556. The molecule has 2 atom stereocenters. The van der Waals surface area contributed by atoms with Gasteiger partial charge in [-0.3, -0.25) is 23.9 Å². The molecule has 0 aromatic carbocycles. The van der Waals surface area contributed by atoms with Crippen LogP contribution in [0.3, 0.4) is 0 Å². The van der Waals surface area contributed by atoms with Gasteiger partial charge < -0.3 is 41.4 Å². The van der Waals surface area contributed by atoms with Crippen LogP contribution in [0, 0.1) is 0 Å². The minimum Gasteiger partial charge on any atom is -0.577 e. The second kappa shape index (κ2) is 21.6. The van der Waals surface area contributed by atoms with Crippen LogP contribution in [0.25, 0.3) is 0 Å². The predicted octanol–water partition coefficient (Wildman–Crippen LogP) is -3.69. The molecule has 0 saturated carbocycles. The van der Waals surface area contributed by atoms with Crippen molar-refractivity contribution >= 4 is 45.5 Å². The molecule has 12 nitrogen and oxygen atoms in total. The van der Waals surface area contributed by atoms with Crippen molar-refractivity contribution < 1.29 is 95.1 Å². The van der Waals surface area contributed by atoms with E-state index in [1.165, 1.54) is 0 Å². The number of aliphatic carboxylic acids is 2. The second-order valence-electron chi connectivity index (χ2n) is 7.04. The van der Waals surface area contributed by atoms with E-state index in [1.54, 1.807) is 0 Å². The number of rotatable bonds is 14. The van der Waals surface area contributed by atoms with Crippen molar-refractivity contribution in [3.05, 3.63) is 24.3 Å². The number of carbonyl (C=O) groups is 6. The molecule has 1 saturated heterocycles. The summed E-state index contributed by atoms with van der Waals surface area (Å²) in [7, 11) is 0. The third-order valence-corrected chi connectivity index (χ3v) is 4.46. The predicted molar refractivity (Wildman–Crippen MR) is 123 cm³/mol. The maximum Gasteiger partial charge on any atom is 1.00 e. The van der Waals surface area contributed by atoms with Crippen molar-refractivity contribution in [3.8, 4) is 0 Å². The molecule has 35 heavy (non-hydrogen) atoms. The Morgan fingerprint density at radius 3 is 1.43 bits per heavy atom. The van der Waals surface area contributed by atoms with Crippen molar-refractivity contribution in [2.24, 2.45) is 0 Å². The van der Waals surface area contributed by atoms with Gasteiger partial charge in [0, 0.05) is 37.4 Å². The molecule has 0 bridgehead atoms. The molecule has 1 aliphatic rings. The largest absolute Gasteiger partial charge is 1.00 e. The molecular weight excluding hydrogens is 513 g/mol. The van der Waals surface area contributed by atoms with Crippen LogP contribution in [0.4, 0.5) is 4.72 Å². The van der Waals surface area contributed by atoms with Gasteiger partial charge in [-0.25, -0.2) is 9.59 Å². The van der Waals surface area contributed by atoms with Gasteiger partial charge >= 0.3 is 63.3 Å². The van der Waals surface area contributed by atoms with Crippen LogP contribution in [0.15, 0.2) is 24.3 Å². The molecule has 15 heteroatoms. The van der Waals surface area contributed by atoms with E-state index in [0.29, 0.717) is 51.6 Å². The Kier molecular flexibility index (Phi) is 21.9. The van der Waals surface area contributed by atoms with Crippen molar-refractivity contribution in [3.63, 3.8) is 0 Å². The number of unbranched alkanes of at least 4 members (excludes halogenated alkanes) is 2. The molecule has 6 N–H and O–H groups in total. The number of carbonyl (C=O) groups excluding carboxylic acids is 4. The average molecular weight is 546 g/mol. The SMILES string of the molecule is O=C(O)/C=C/C(=O)NCCCCC1NC(=O)C(CCCCNC(=O)/C=C/C(=O)O)NC1=O.[2H]F.[K+].[PH2-]. The number of halogens is 1. The first-order valence-electron chi connectivity index (χ1n) is 10.5. The number of amides is 4. The number of nitrogens with one attached hydrogen (secondary N) is 4. The molecule has 1 heterocycles. The van der Waals surface area contributed by atoms with E-state index in [-0.39, 0.29) is 73.1 Å². The molecule has 1 rings (SSSR count). The first-order valence-corrected chi connectivity index (χ1v) is 10.2. The van der Waals surface area contributed by atoms with Crippen LogP contribution < -0.4 is 72.7 Å². The van der Waals surface area contributed by atoms with E-state index >= 15 is 0 Å². The summed E-state index contributed by atoms with van der Waals surface area (Å²) >= 11 is 0. The zero-order valence-electron chi connectivity index (χ0n) is 20.4. The smallest absolute Gasteiger partial charge is 0.577 e. The Bertz CT molecular complexity index is 740. The second-order valence-corrected chi connectivity index (χ2v) is 7.04. The normalized spacial score (nSPS) is 16.9. The molecule has 2 unspecified atom stereocenters. The Hall–Kier alpha value is -1.70. The molecule has 0 spiro atoms. The zero-order valence-corrected chi connectivity index (χ0v) is 23.7. The van der Waals surface area contributed by atoms with Gasteiger partial charge in [-0.1, -0.05) is 0 Å². The molecule has 192 valence electrons. The molecular formula is C20H31FKN4O8P. The first kappa shape index (κ1) is 35.5. The summed E-state index contributed by atoms with van der Waals surface area (Å²) < 4.78 is 13.0. The average Bonchev–Trinajstić information content (AvgIpc) is 2.79. The Balaban J connectivity index is -0.00000265. The van der Waals surface area contributed by atoms with Gasteiger partial charge in [-0.15, -0.1) is 0 Å². The standard InChI is InChI=1S/C20H28N4O8.FH.K.H2P/c25-15(7-9-17(27)28)21-11-3-1-5-13-19(31)24-14(20(32)23-13)6-2-4-12-22-16(26)8-10-18(29)30;;;/h7-10,13-14H,1-6,11-12H2,(H,21,25)(H,22,26)(H,23,32)(H,24,31)(H,27,28)(H,29,30);1H;;1H2/q;;+1;-1/b9-7+,10-8+;;;/i/hD. The maximum atomic E-state index is 12.2. The minimum absolute atomic E-state index is 0. The van der Waals surface area contributed by atoms with Crippen LogP contribution in [-0.4, -0.2) is 72.4 Å². The van der Waals surface area contributed by atoms with E-state index < -0.39 is 35.8 Å². The van der Waals surface area contributed by atoms with Crippen LogP contribution in [0.5, 0.6) is 0 Å². The summed E-state index contributed by atoms with van der Waals surface area (Å²) in [4.78, 5) is 67.7. The Labute approximate surface area is 249 Å². The van der Waals surface area contributed by atoms with Gasteiger partial charge in [-0.2, -0.15) is 0 Å². The van der Waals surface area contributed by atoms with Gasteiger partial charge in [0.15, 0.2) is 0 Å². The fraction of sp³-hybridized carbons (Fsp3) is 0.500. The maximum absolute atomic E-state index is 12.2. The zero-order chi connectivity index (χ0) is 25.9. The van der Waals surface area contributed by atoms with Gasteiger partial charge in [0.1, 0.15) is 12.1 Å². The monoisotopic (exact) mass is 545 g/mol. The molecule has 0 aliphatic carbocycles. The van der Waals surface area contributed by atoms with E-state index in [4.69, 9.17) is 14.9 Å². The summed E-state index contributed by atoms with van der Waals surface area (Å²) in [5.74, 6) is -4.03. The van der Waals surface area contributed by atoms with Gasteiger partial charge in [0.05, 0.1) is 0 Å². The van der Waals surface area contributed by atoms with Gasteiger partial charge in [-0.05, 0) is 38.5 Å². The third-order valence-electron chi connectivity index (χ3n) is 4.46. The summed E-state index contributed by atoms with van der Waals surface area (Å²) in [6.45, 7) is 0.632. The van der Waals surface area contributed by atoms with Crippen molar-refractivity contribution in [1.29, 1.82) is 1.45 Å². The van der Waals surface area contributed by atoms with Crippen LogP contribution in [0.1, 0.15) is 38.5 Å². The summed E-state index contributed by atoms with van der Waals surface area (Å²) in [5.41, 5.74) is 0. The number of carboxylic acids is 2. The summed E-state index contributed by atoms with van der Waals surface area (Å²) in [6.07, 6.45) is 6.38. The van der Waals surface area contributed by atoms with E-state index in [0.717, 1.165) is 24.3 Å². The number of hydrogen-bond donors (Lipinski definition) is 6. The molecule has 1 aliphatic heterocycles. The molecule has 1 fully saturated rings. The molecule has 0 aromatic heterocycles. The van der Waals surface area contributed by atoms with Crippen molar-refractivity contribution in [1.82, 2.24) is 21.3 Å². The van der Waals surface area contributed by atoms with E-state index in [2.05, 4.69) is 22.7 Å². The third kappa shape index (κ3) is 18.3. The van der Waals surface area contributed by atoms with E-state index in [9.17, 15) is 28.8 Å². The summed E-state index contributed by atoms with van der Waals surface area (Å²) in [6, 6.07) is -1.30. The van der Waals surface area contributed by atoms with Crippen LogP contribution >= 0.6 is 9.90 Å². The Morgan fingerprint density at radius 2 is 1.11 bits per heavy atom. The summed E-state index contributed by atoms with van der Waals surface area (Å²) in [5, 5.41) is 27.3.